The SMILES string of the molecule is C=CCN(c1ccc(C(=O)N2CC(=O)Nc3ccccc32)cc1)S(=O)(=O)c1ccccc1. The zero-order valence-electron chi connectivity index (χ0n) is 17.1. The van der Waals surface area contributed by atoms with Gasteiger partial charge in [0.2, 0.25) is 5.91 Å². The molecule has 0 fully saturated rings. The quantitative estimate of drug-likeness (QED) is 0.584. The summed E-state index contributed by atoms with van der Waals surface area (Å²) in [6.45, 7) is 3.64. The number of hydrogen-bond donors (Lipinski definition) is 1. The van der Waals surface area contributed by atoms with Crippen LogP contribution in [0.15, 0.2) is 96.4 Å². The molecule has 3 aromatic rings. The molecule has 32 heavy (non-hydrogen) atoms. The van der Waals surface area contributed by atoms with Gasteiger partial charge in [0, 0.05) is 5.56 Å². The minimum atomic E-state index is -3.80. The number of anilines is 3. The largest absolute Gasteiger partial charge is 0.323 e. The number of fused-ring (bicyclic) bond motifs is 1. The Labute approximate surface area is 186 Å². The molecule has 162 valence electrons. The average Bonchev–Trinajstić information content (AvgIpc) is 2.82. The van der Waals surface area contributed by atoms with Crippen LogP contribution in [0.3, 0.4) is 0 Å². The molecule has 8 heteroatoms. The molecular weight excluding hydrogens is 426 g/mol. The standard InChI is InChI=1S/C24H21N3O4S/c1-2-16-27(32(30,31)20-8-4-3-5-9-20)19-14-12-18(13-15-19)24(29)26-17-23(28)25-21-10-6-7-11-22(21)26/h2-15H,1,16-17H2,(H,25,28). The third-order valence-electron chi connectivity index (χ3n) is 5.04. The van der Waals surface area contributed by atoms with Gasteiger partial charge >= 0.3 is 0 Å². The average molecular weight is 448 g/mol. The molecule has 4 rings (SSSR count). The highest BCUT2D eigenvalue weighted by molar-refractivity contribution is 7.92. The maximum atomic E-state index is 13.1. The highest BCUT2D eigenvalue weighted by atomic mass is 32.2. The van der Waals surface area contributed by atoms with Gasteiger partial charge in [-0.2, -0.15) is 0 Å². The van der Waals surface area contributed by atoms with Gasteiger partial charge in [-0.3, -0.25) is 18.8 Å². The van der Waals surface area contributed by atoms with Gasteiger partial charge in [0.25, 0.3) is 15.9 Å². The first-order valence-corrected chi connectivity index (χ1v) is 11.4. The summed E-state index contributed by atoms with van der Waals surface area (Å²) in [5.74, 6) is -0.625. The van der Waals surface area contributed by atoms with Crippen LogP contribution in [0.5, 0.6) is 0 Å². The summed E-state index contributed by atoms with van der Waals surface area (Å²) < 4.78 is 27.5. The summed E-state index contributed by atoms with van der Waals surface area (Å²) in [5.41, 5.74) is 1.93. The summed E-state index contributed by atoms with van der Waals surface area (Å²) in [6.07, 6.45) is 1.50. The second kappa shape index (κ2) is 8.68. The van der Waals surface area contributed by atoms with E-state index in [1.54, 1.807) is 66.7 Å². The van der Waals surface area contributed by atoms with Crippen molar-refractivity contribution in [3.05, 3.63) is 97.1 Å². The van der Waals surface area contributed by atoms with Crippen LogP contribution in [0.25, 0.3) is 0 Å². The molecule has 0 atom stereocenters. The Morgan fingerprint density at radius 1 is 1.00 bits per heavy atom. The van der Waals surface area contributed by atoms with E-state index in [0.29, 0.717) is 22.6 Å². The van der Waals surface area contributed by atoms with Gasteiger partial charge in [-0.15, -0.1) is 6.58 Å². The van der Waals surface area contributed by atoms with E-state index in [9.17, 15) is 18.0 Å². The Morgan fingerprint density at radius 2 is 1.66 bits per heavy atom. The first-order chi connectivity index (χ1) is 15.4. The fraction of sp³-hybridized carbons (Fsp3) is 0.0833. The number of para-hydroxylation sites is 2. The van der Waals surface area contributed by atoms with E-state index in [1.165, 1.54) is 27.4 Å². The predicted octanol–water partition coefficient (Wildman–Crippen LogP) is 3.67. The lowest BCUT2D eigenvalue weighted by Crippen LogP contribution is -2.42. The van der Waals surface area contributed by atoms with Crippen molar-refractivity contribution in [3.8, 4) is 0 Å². The maximum Gasteiger partial charge on any atom is 0.264 e. The molecule has 0 saturated carbocycles. The second-order valence-corrected chi connectivity index (χ2v) is 9.00. The Hall–Kier alpha value is -3.91. The monoisotopic (exact) mass is 447 g/mol. The fourth-order valence-corrected chi connectivity index (χ4v) is 4.98. The van der Waals surface area contributed by atoms with E-state index in [4.69, 9.17) is 0 Å². The second-order valence-electron chi connectivity index (χ2n) is 7.14. The maximum absolute atomic E-state index is 13.1. The molecular formula is C24H21N3O4S. The minimum Gasteiger partial charge on any atom is -0.323 e. The van der Waals surface area contributed by atoms with Gasteiger partial charge in [0.1, 0.15) is 6.54 Å². The smallest absolute Gasteiger partial charge is 0.264 e. The number of carbonyl (C=O) groups excluding carboxylic acids is 2. The number of carbonyl (C=O) groups is 2. The zero-order valence-corrected chi connectivity index (χ0v) is 18.0. The van der Waals surface area contributed by atoms with Crippen molar-refractivity contribution in [1.82, 2.24) is 0 Å². The van der Waals surface area contributed by atoms with Crippen LogP contribution in [-0.2, 0) is 14.8 Å². The molecule has 0 radical (unpaired) electrons. The summed E-state index contributed by atoms with van der Waals surface area (Å²) >= 11 is 0. The molecule has 7 nitrogen and oxygen atoms in total. The van der Waals surface area contributed by atoms with Crippen LogP contribution in [0.4, 0.5) is 17.1 Å². The van der Waals surface area contributed by atoms with E-state index in [0.717, 1.165) is 0 Å². The summed E-state index contributed by atoms with van der Waals surface area (Å²) in [4.78, 5) is 26.7. The Bertz CT molecular complexity index is 1270. The van der Waals surface area contributed by atoms with E-state index in [-0.39, 0.29) is 29.8 Å². The number of hydrogen-bond acceptors (Lipinski definition) is 4. The molecule has 1 aliphatic heterocycles. The molecule has 0 unspecified atom stereocenters. The number of nitrogens with zero attached hydrogens (tertiary/aromatic N) is 2. The highest BCUT2D eigenvalue weighted by Crippen LogP contribution is 2.31. The van der Waals surface area contributed by atoms with Crippen molar-refractivity contribution >= 4 is 38.9 Å². The highest BCUT2D eigenvalue weighted by Gasteiger charge is 2.28. The molecule has 0 saturated heterocycles. The number of amides is 2. The number of nitrogens with one attached hydrogen (secondary N) is 1. The van der Waals surface area contributed by atoms with Crippen LogP contribution in [0.2, 0.25) is 0 Å². The molecule has 3 aromatic carbocycles. The first kappa shape index (κ1) is 21.3. The molecule has 0 spiro atoms. The van der Waals surface area contributed by atoms with Gasteiger partial charge in [0.05, 0.1) is 28.5 Å². The summed E-state index contributed by atoms with van der Waals surface area (Å²) in [5, 5.41) is 2.75. The minimum absolute atomic E-state index is 0.0736. The Morgan fingerprint density at radius 3 is 2.34 bits per heavy atom. The topological polar surface area (TPSA) is 86.8 Å². The number of benzene rings is 3. The third-order valence-corrected chi connectivity index (χ3v) is 6.85. The third kappa shape index (κ3) is 4.00. The fourth-order valence-electron chi connectivity index (χ4n) is 3.52. The van der Waals surface area contributed by atoms with Crippen LogP contribution < -0.4 is 14.5 Å². The zero-order chi connectivity index (χ0) is 22.7. The van der Waals surface area contributed by atoms with Gasteiger partial charge in [-0.25, -0.2) is 8.42 Å². The van der Waals surface area contributed by atoms with Crippen LogP contribution in [0, 0.1) is 0 Å². The normalized spacial score (nSPS) is 13.1. The summed E-state index contributed by atoms with van der Waals surface area (Å²) in [7, 11) is -3.80. The van der Waals surface area contributed by atoms with Crippen LogP contribution in [-0.4, -0.2) is 33.3 Å². The number of rotatable bonds is 6. The molecule has 0 aliphatic carbocycles. The van der Waals surface area contributed by atoms with Crippen molar-refractivity contribution in [1.29, 1.82) is 0 Å². The van der Waals surface area contributed by atoms with Crippen molar-refractivity contribution in [3.63, 3.8) is 0 Å². The van der Waals surface area contributed by atoms with E-state index in [2.05, 4.69) is 11.9 Å². The van der Waals surface area contributed by atoms with E-state index < -0.39 is 10.0 Å². The van der Waals surface area contributed by atoms with Gasteiger partial charge in [-0.05, 0) is 48.5 Å². The van der Waals surface area contributed by atoms with Crippen molar-refractivity contribution < 1.29 is 18.0 Å². The first-order valence-electron chi connectivity index (χ1n) is 9.91. The van der Waals surface area contributed by atoms with Crippen molar-refractivity contribution in [2.45, 2.75) is 4.90 Å². The van der Waals surface area contributed by atoms with E-state index in [1.807, 2.05) is 0 Å². The van der Waals surface area contributed by atoms with Gasteiger partial charge in [0.15, 0.2) is 0 Å². The Kier molecular flexibility index (Phi) is 5.79. The summed E-state index contributed by atoms with van der Waals surface area (Å²) in [6, 6.07) is 21.5. The molecule has 1 aliphatic rings. The molecule has 1 heterocycles. The predicted molar refractivity (Wildman–Crippen MR) is 124 cm³/mol. The van der Waals surface area contributed by atoms with E-state index >= 15 is 0 Å². The molecule has 0 aromatic heterocycles. The van der Waals surface area contributed by atoms with Crippen LogP contribution >= 0.6 is 0 Å². The molecule has 0 bridgehead atoms. The Balaban J connectivity index is 1.64. The lowest BCUT2D eigenvalue weighted by molar-refractivity contribution is -0.115. The molecule has 1 N–H and O–H groups in total. The van der Waals surface area contributed by atoms with Crippen LogP contribution in [0.1, 0.15) is 10.4 Å². The van der Waals surface area contributed by atoms with Gasteiger partial charge in [-0.1, -0.05) is 36.4 Å². The number of sulfonamides is 1. The van der Waals surface area contributed by atoms with Crippen molar-refractivity contribution in [2.24, 2.45) is 0 Å². The molecule has 2 amide bonds. The van der Waals surface area contributed by atoms with Crippen molar-refractivity contribution in [2.75, 3.05) is 27.6 Å². The lowest BCUT2D eigenvalue weighted by Gasteiger charge is -2.29. The van der Waals surface area contributed by atoms with Gasteiger partial charge < -0.3 is 5.32 Å². The lowest BCUT2D eigenvalue weighted by atomic mass is 10.1.